The van der Waals surface area contributed by atoms with E-state index in [1.54, 1.807) is 6.20 Å². The first kappa shape index (κ1) is 12.3. The Morgan fingerprint density at radius 2 is 2.29 bits per heavy atom. The molecule has 1 aromatic heterocycles. The van der Waals surface area contributed by atoms with Gasteiger partial charge in [-0.05, 0) is 31.9 Å². The van der Waals surface area contributed by atoms with Crippen LogP contribution in [0.2, 0.25) is 0 Å². The van der Waals surface area contributed by atoms with Gasteiger partial charge in [-0.15, -0.1) is 0 Å². The van der Waals surface area contributed by atoms with E-state index in [9.17, 15) is 10.2 Å². The zero-order valence-electron chi connectivity index (χ0n) is 10.4. The highest BCUT2D eigenvalue weighted by molar-refractivity contribution is 5.46. The lowest BCUT2D eigenvalue weighted by atomic mass is 10.1. The van der Waals surface area contributed by atoms with Crippen LogP contribution in [0.15, 0.2) is 18.3 Å². The number of aliphatic hydroxyl groups is 2. The zero-order valence-corrected chi connectivity index (χ0v) is 10.4. The molecule has 94 valence electrons. The number of rotatable bonds is 3. The average Bonchev–Trinajstić information content (AvgIpc) is 2.69. The molecule has 4 nitrogen and oxygen atoms in total. The van der Waals surface area contributed by atoms with Crippen molar-refractivity contribution in [1.82, 2.24) is 4.98 Å². The third-order valence-electron chi connectivity index (χ3n) is 3.32. The molecular formula is C13H20N2O2. The second kappa shape index (κ2) is 4.63. The third-order valence-corrected chi connectivity index (χ3v) is 3.32. The predicted molar refractivity (Wildman–Crippen MR) is 66.9 cm³/mol. The Kier molecular flexibility index (Phi) is 3.35. The standard InChI is InChI=1S/C13H20N2O2/c1-3-12(16)11-5-4-10(8-14-11)15-7-6-13(2,17)9-15/h4-5,8,12,16-17H,3,6-7,9H2,1-2H3/t12-,13?/m0/s1. The number of hydrogen-bond acceptors (Lipinski definition) is 4. The molecular weight excluding hydrogens is 216 g/mol. The van der Waals surface area contributed by atoms with Crippen LogP contribution >= 0.6 is 0 Å². The van der Waals surface area contributed by atoms with Crippen molar-refractivity contribution in [2.24, 2.45) is 0 Å². The van der Waals surface area contributed by atoms with E-state index in [0.717, 1.165) is 18.7 Å². The van der Waals surface area contributed by atoms with Crippen LogP contribution in [0.4, 0.5) is 5.69 Å². The van der Waals surface area contributed by atoms with E-state index in [2.05, 4.69) is 9.88 Å². The molecule has 1 aromatic rings. The number of hydrogen-bond donors (Lipinski definition) is 2. The molecule has 17 heavy (non-hydrogen) atoms. The molecule has 0 aliphatic carbocycles. The Morgan fingerprint density at radius 1 is 1.53 bits per heavy atom. The lowest BCUT2D eigenvalue weighted by Gasteiger charge is -2.20. The fourth-order valence-electron chi connectivity index (χ4n) is 2.16. The van der Waals surface area contributed by atoms with Crippen LogP contribution in [-0.2, 0) is 0 Å². The minimum atomic E-state index is -0.596. The maximum Gasteiger partial charge on any atom is 0.0957 e. The van der Waals surface area contributed by atoms with Crippen molar-refractivity contribution < 1.29 is 10.2 Å². The summed E-state index contributed by atoms with van der Waals surface area (Å²) in [5.41, 5.74) is 1.12. The Labute approximate surface area is 102 Å². The lowest BCUT2D eigenvalue weighted by Crippen LogP contribution is -2.29. The number of anilines is 1. The monoisotopic (exact) mass is 236 g/mol. The number of pyridine rings is 1. The first-order valence-corrected chi connectivity index (χ1v) is 6.13. The number of nitrogens with zero attached hydrogens (tertiary/aromatic N) is 2. The molecule has 1 aliphatic rings. The van der Waals surface area contributed by atoms with Gasteiger partial charge in [-0.1, -0.05) is 6.92 Å². The van der Waals surface area contributed by atoms with Crippen LogP contribution in [-0.4, -0.2) is 33.9 Å². The second-order valence-electron chi connectivity index (χ2n) is 5.03. The van der Waals surface area contributed by atoms with E-state index >= 15 is 0 Å². The Balaban J connectivity index is 2.09. The largest absolute Gasteiger partial charge is 0.388 e. The molecule has 2 N–H and O–H groups in total. The first-order valence-electron chi connectivity index (χ1n) is 6.13. The van der Waals surface area contributed by atoms with Gasteiger partial charge in [0.1, 0.15) is 0 Å². The highest BCUT2D eigenvalue weighted by Crippen LogP contribution is 2.26. The SMILES string of the molecule is CC[C@H](O)c1ccc(N2CCC(C)(O)C2)cn1. The fraction of sp³-hybridized carbons (Fsp3) is 0.615. The smallest absolute Gasteiger partial charge is 0.0957 e. The maximum absolute atomic E-state index is 9.90. The number of β-amino-alcohol motifs (C(OH)–C–C–N with tert-alkyl or cyclic N) is 1. The molecule has 0 amide bonds. The van der Waals surface area contributed by atoms with E-state index < -0.39 is 11.7 Å². The third kappa shape index (κ3) is 2.76. The molecule has 0 spiro atoms. The van der Waals surface area contributed by atoms with E-state index in [0.29, 0.717) is 18.7 Å². The molecule has 2 heterocycles. The van der Waals surface area contributed by atoms with Crippen LogP contribution in [0.1, 0.15) is 38.5 Å². The Morgan fingerprint density at radius 3 is 2.76 bits per heavy atom. The minimum absolute atomic E-state index is 0.481. The summed E-state index contributed by atoms with van der Waals surface area (Å²) in [5.74, 6) is 0. The number of aliphatic hydroxyl groups excluding tert-OH is 1. The van der Waals surface area contributed by atoms with Gasteiger partial charge in [-0.3, -0.25) is 4.98 Å². The van der Waals surface area contributed by atoms with Gasteiger partial charge in [0.25, 0.3) is 0 Å². The molecule has 1 fully saturated rings. The van der Waals surface area contributed by atoms with Crippen molar-refractivity contribution in [3.05, 3.63) is 24.0 Å². The molecule has 0 aromatic carbocycles. The van der Waals surface area contributed by atoms with Gasteiger partial charge < -0.3 is 15.1 Å². The molecule has 0 bridgehead atoms. The molecule has 1 aliphatic heterocycles. The van der Waals surface area contributed by atoms with Crippen molar-refractivity contribution in [1.29, 1.82) is 0 Å². The molecule has 0 saturated carbocycles. The van der Waals surface area contributed by atoms with Gasteiger partial charge in [0.2, 0.25) is 0 Å². The summed E-state index contributed by atoms with van der Waals surface area (Å²) in [6, 6.07) is 3.82. The molecule has 1 unspecified atom stereocenters. The zero-order chi connectivity index (χ0) is 12.5. The van der Waals surface area contributed by atoms with Crippen LogP contribution in [0.5, 0.6) is 0 Å². The Bertz CT molecular complexity index is 376. The second-order valence-corrected chi connectivity index (χ2v) is 5.03. The fourth-order valence-corrected chi connectivity index (χ4v) is 2.16. The van der Waals surface area contributed by atoms with Crippen molar-refractivity contribution >= 4 is 5.69 Å². The van der Waals surface area contributed by atoms with E-state index in [-0.39, 0.29) is 0 Å². The van der Waals surface area contributed by atoms with Gasteiger partial charge >= 0.3 is 0 Å². The summed E-state index contributed by atoms with van der Waals surface area (Å²) in [7, 11) is 0. The van der Waals surface area contributed by atoms with Crippen LogP contribution < -0.4 is 4.90 Å². The van der Waals surface area contributed by atoms with Gasteiger partial charge in [0, 0.05) is 13.1 Å². The highest BCUT2D eigenvalue weighted by atomic mass is 16.3. The topological polar surface area (TPSA) is 56.6 Å². The van der Waals surface area contributed by atoms with E-state index in [4.69, 9.17) is 0 Å². The first-order chi connectivity index (χ1) is 8.02. The van der Waals surface area contributed by atoms with Crippen LogP contribution in [0.3, 0.4) is 0 Å². The molecule has 1 saturated heterocycles. The van der Waals surface area contributed by atoms with Crippen molar-refractivity contribution in [3.63, 3.8) is 0 Å². The quantitative estimate of drug-likeness (QED) is 0.834. The van der Waals surface area contributed by atoms with Crippen molar-refractivity contribution in [2.75, 3.05) is 18.0 Å². The van der Waals surface area contributed by atoms with Crippen molar-refractivity contribution in [2.45, 2.75) is 38.4 Å². The van der Waals surface area contributed by atoms with Crippen LogP contribution in [0.25, 0.3) is 0 Å². The molecule has 4 heteroatoms. The predicted octanol–water partition coefficient (Wildman–Crippen LogP) is 1.49. The van der Waals surface area contributed by atoms with Gasteiger partial charge in [0.15, 0.2) is 0 Å². The summed E-state index contributed by atoms with van der Waals surface area (Å²) >= 11 is 0. The van der Waals surface area contributed by atoms with E-state index in [1.165, 1.54) is 0 Å². The van der Waals surface area contributed by atoms with Crippen molar-refractivity contribution in [3.8, 4) is 0 Å². The minimum Gasteiger partial charge on any atom is -0.388 e. The highest BCUT2D eigenvalue weighted by Gasteiger charge is 2.31. The maximum atomic E-state index is 9.90. The summed E-state index contributed by atoms with van der Waals surface area (Å²) in [6.07, 6.45) is 2.75. The van der Waals surface area contributed by atoms with Gasteiger partial charge in [-0.25, -0.2) is 0 Å². The molecule has 2 rings (SSSR count). The molecule has 0 radical (unpaired) electrons. The van der Waals surface area contributed by atoms with Gasteiger partial charge in [-0.2, -0.15) is 0 Å². The van der Waals surface area contributed by atoms with Crippen LogP contribution in [0, 0.1) is 0 Å². The average molecular weight is 236 g/mol. The normalized spacial score (nSPS) is 26.2. The van der Waals surface area contributed by atoms with E-state index in [1.807, 2.05) is 26.0 Å². The summed E-state index contributed by atoms with van der Waals surface area (Å²) < 4.78 is 0. The summed E-state index contributed by atoms with van der Waals surface area (Å²) in [5, 5.41) is 19.6. The van der Waals surface area contributed by atoms with Gasteiger partial charge in [0.05, 0.1) is 29.3 Å². The number of aromatic nitrogens is 1. The lowest BCUT2D eigenvalue weighted by molar-refractivity contribution is 0.0839. The summed E-state index contributed by atoms with van der Waals surface area (Å²) in [6.45, 7) is 5.28. The molecule has 2 atom stereocenters. The Hall–Kier alpha value is -1.13. The summed E-state index contributed by atoms with van der Waals surface area (Å²) in [4.78, 5) is 6.39.